The van der Waals surface area contributed by atoms with Crippen molar-refractivity contribution >= 4 is 0 Å². The Morgan fingerprint density at radius 1 is 0.394 bits per heavy atom. The van der Waals surface area contributed by atoms with Crippen LogP contribution in [0.2, 0.25) is 0 Å². The van der Waals surface area contributed by atoms with Gasteiger partial charge in [-0.2, -0.15) is 0 Å². The predicted octanol–water partition coefficient (Wildman–Crippen LogP) is 7.90. The van der Waals surface area contributed by atoms with E-state index in [2.05, 4.69) is 0 Å². The minimum atomic E-state index is -0.0282. The van der Waals surface area contributed by atoms with E-state index in [9.17, 15) is 10.2 Å². The van der Waals surface area contributed by atoms with Crippen molar-refractivity contribution in [3.63, 3.8) is 0 Å². The van der Waals surface area contributed by atoms with Crippen LogP contribution in [0.5, 0.6) is 0 Å². The summed E-state index contributed by atoms with van der Waals surface area (Å²) in [6.45, 7) is 0. The zero-order valence-corrected chi connectivity index (χ0v) is 21.5. The highest BCUT2D eigenvalue weighted by atomic mass is 16.3. The first-order valence-electron chi connectivity index (χ1n) is 15.6. The average Bonchev–Trinajstić information content (AvgIpc) is 2.88. The van der Waals surface area contributed by atoms with Crippen molar-refractivity contribution in [2.45, 2.75) is 147 Å². The van der Waals surface area contributed by atoms with Crippen LogP contribution >= 0.6 is 0 Å². The second-order valence-electron chi connectivity index (χ2n) is 13.4. The summed E-state index contributed by atoms with van der Waals surface area (Å²) in [6, 6.07) is 0. The maximum atomic E-state index is 11.1. The highest BCUT2D eigenvalue weighted by Crippen LogP contribution is 2.52. The first-order chi connectivity index (χ1) is 16.2. The van der Waals surface area contributed by atoms with Crippen LogP contribution in [-0.4, -0.2) is 22.4 Å². The Balaban J connectivity index is 1.33. The second kappa shape index (κ2) is 11.8. The number of aliphatic hydroxyl groups is 2. The molecule has 6 atom stereocenters. The van der Waals surface area contributed by atoms with E-state index in [1.807, 2.05) is 0 Å². The van der Waals surface area contributed by atoms with Crippen molar-refractivity contribution in [2.75, 3.05) is 0 Å². The Bertz CT molecular complexity index is 529. The molecule has 0 bridgehead atoms. The Kier molecular flexibility index (Phi) is 8.78. The van der Waals surface area contributed by atoms with E-state index >= 15 is 0 Å². The summed E-state index contributed by atoms with van der Waals surface area (Å²) < 4.78 is 0. The lowest BCUT2D eigenvalue weighted by Crippen LogP contribution is -2.44. The van der Waals surface area contributed by atoms with Crippen molar-refractivity contribution in [1.82, 2.24) is 0 Å². The molecule has 2 heteroatoms. The molecule has 5 fully saturated rings. The van der Waals surface area contributed by atoms with Gasteiger partial charge in [0, 0.05) is 0 Å². The summed E-state index contributed by atoms with van der Waals surface area (Å²) in [6.07, 6.45) is 28.5. The van der Waals surface area contributed by atoms with Crippen LogP contribution in [0.25, 0.3) is 0 Å². The maximum absolute atomic E-state index is 11.1. The lowest BCUT2D eigenvalue weighted by atomic mass is 9.56. The summed E-state index contributed by atoms with van der Waals surface area (Å²) in [4.78, 5) is 0. The molecular formula is C31H54O2. The van der Waals surface area contributed by atoms with E-state index in [4.69, 9.17) is 0 Å². The molecule has 5 rings (SSSR count). The number of rotatable bonds is 5. The predicted molar refractivity (Wildman–Crippen MR) is 137 cm³/mol. The molecule has 0 aromatic carbocycles. The Labute approximate surface area is 204 Å². The fourth-order valence-electron chi connectivity index (χ4n) is 9.96. The van der Waals surface area contributed by atoms with Gasteiger partial charge in [0.1, 0.15) is 0 Å². The molecule has 0 aromatic rings. The lowest BCUT2D eigenvalue weighted by molar-refractivity contribution is -0.0538. The SMILES string of the molecule is OC1CCC(C(C2CCCCC2)C2CCC(O)C(C3CCCCC3)C2)CC1C1CCCCC1. The molecule has 0 saturated heterocycles. The Morgan fingerprint density at radius 3 is 1.21 bits per heavy atom. The van der Waals surface area contributed by atoms with Gasteiger partial charge in [0.15, 0.2) is 0 Å². The largest absolute Gasteiger partial charge is 0.393 e. The topological polar surface area (TPSA) is 40.5 Å². The van der Waals surface area contributed by atoms with Gasteiger partial charge in [-0.3, -0.25) is 0 Å². The molecule has 5 aliphatic rings. The Hall–Kier alpha value is -0.0800. The zero-order valence-electron chi connectivity index (χ0n) is 21.5. The maximum Gasteiger partial charge on any atom is 0.0571 e. The van der Waals surface area contributed by atoms with Gasteiger partial charge in [-0.25, -0.2) is 0 Å². The van der Waals surface area contributed by atoms with Gasteiger partial charge in [-0.15, -0.1) is 0 Å². The minimum absolute atomic E-state index is 0.0282. The van der Waals surface area contributed by atoms with E-state index in [0.29, 0.717) is 11.8 Å². The standard InChI is InChI=1S/C31H54O2/c32-29-18-16-25(20-27(29)22-10-4-1-5-11-22)31(24-14-8-3-9-15-24)26-17-19-30(33)28(21-26)23-12-6-2-7-13-23/h22-33H,1-21H2. The molecular weight excluding hydrogens is 404 g/mol. The smallest absolute Gasteiger partial charge is 0.0571 e. The molecule has 0 heterocycles. The monoisotopic (exact) mass is 458 g/mol. The zero-order chi connectivity index (χ0) is 22.6. The van der Waals surface area contributed by atoms with E-state index in [-0.39, 0.29) is 12.2 Å². The van der Waals surface area contributed by atoms with Gasteiger partial charge < -0.3 is 10.2 Å². The molecule has 0 radical (unpaired) electrons. The normalized spacial score (nSPS) is 41.6. The van der Waals surface area contributed by atoms with Crippen LogP contribution in [0.4, 0.5) is 0 Å². The third-order valence-electron chi connectivity index (χ3n) is 11.6. The fraction of sp³-hybridized carbons (Fsp3) is 1.00. The van der Waals surface area contributed by atoms with Crippen LogP contribution in [0.3, 0.4) is 0 Å². The van der Waals surface area contributed by atoms with Crippen LogP contribution in [0.15, 0.2) is 0 Å². The van der Waals surface area contributed by atoms with Crippen LogP contribution in [0, 0.1) is 47.3 Å². The molecule has 6 unspecified atom stereocenters. The summed E-state index contributed by atoms with van der Waals surface area (Å²) in [7, 11) is 0. The molecule has 5 saturated carbocycles. The lowest BCUT2D eigenvalue weighted by Gasteiger charge is -2.50. The van der Waals surface area contributed by atoms with Gasteiger partial charge in [0.2, 0.25) is 0 Å². The van der Waals surface area contributed by atoms with Crippen molar-refractivity contribution in [2.24, 2.45) is 47.3 Å². The first kappa shape index (κ1) is 24.6. The van der Waals surface area contributed by atoms with Crippen molar-refractivity contribution < 1.29 is 10.2 Å². The summed E-state index contributed by atoms with van der Waals surface area (Å²) in [5.41, 5.74) is 0. The molecule has 0 amide bonds. The van der Waals surface area contributed by atoms with Crippen LogP contribution in [-0.2, 0) is 0 Å². The minimum Gasteiger partial charge on any atom is -0.393 e. The molecule has 0 spiro atoms. The third-order valence-corrected chi connectivity index (χ3v) is 11.6. The van der Waals surface area contributed by atoms with Crippen molar-refractivity contribution in [3.05, 3.63) is 0 Å². The summed E-state index contributed by atoms with van der Waals surface area (Å²) in [5.74, 6) is 6.25. The van der Waals surface area contributed by atoms with Crippen molar-refractivity contribution in [3.8, 4) is 0 Å². The Morgan fingerprint density at radius 2 is 0.788 bits per heavy atom. The highest BCUT2D eigenvalue weighted by Gasteiger charge is 2.45. The fourth-order valence-corrected chi connectivity index (χ4v) is 9.96. The molecule has 190 valence electrons. The molecule has 33 heavy (non-hydrogen) atoms. The molecule has 5 aliphatic carbocycles. The van der Waals surface area contributed by atoms with E-state index in [1.54, 1.807) is 0 Å². The van der Waals surface area contributed by atoms with Crippen LogP contribution in [0.1, 0.15) is 135 Å². The van der Waals surface area contributed by atoms with E-state index in [1.165, 1.54) is 122 Å². The van der Waals surface area contributed by atoms with Crippen LogP contribution < -0.4 is 0 Å². The molecule has 2 nitrogen and oxygen atoms in total. The number of hydrogen-bond acceptors (Lipinski definition) is 2. The quantitative estimate of drug-likeness (QED) is 0.439. The summed E-state index contributed by atoms with van der Waals surface area (Å²) >= 11 is 0. The second-order valence-corrected chi connectivity index (χ2v) is 13.4. The van der Waals surface area contributed by atoms with Gasteiger partial charge in [0.25, 0.3) is 0 Å². The van der Waals surface area contributed by atoms with Gasteiger partial charge >= 0.3 is 0 Å². The number of hydrogen-bond donors (Lipinski definition) is 2. The molecule has 2 N–H and O–H groups in total. The van der Waals surface area contributed by atoms with Gasteiger partial charge in [0.05, 0.1) is 12.2 Å². The highest BCUT2D eigenvalue weighted by molar-refractivity contribution is 4.95. The molecule has 0 aromatic heterocycles. The van der Waals surface area contributed by atoms with E-state index in [0.717, 1.165) is 48.3 Å². The third kappa shape index (κ3) is 5.84. The van der Waals surface area contributed by atoms with Gasteiger partial charge in [-0.1, -0.05) is 96.3 Å². The number of aliphatic hydroxyl groups excluding tert-OH is 2. The summed E-state index contributed by atoms with van der Waals surface area (Å²) in [5, 5.41) is 22.1. The van der Waals surface area contributed by atoms with Crippen molar-refractivity contribution in [1.29, 1.82) is 0 Å². The average molecular weight is 459 g/mol. The first-order valence-corrected chi connectivity index (χ1v) is 15.6. The molecule has 0 aliphatic heterocycles. The van der Waals surface area contributed by atoms with Gasteiger partial charge in [-0.05, 0) is 85.9 Å². The van der Waals surface area contributed by atoms with E-state index < -0.39 is 0 Å².